The standard InChI is InChI=1S/C24H21ClN2O3/c1-29-19-6-4-7-20(16-19)30-15-5-14-27-23(17-10-12-18(25)13-11-17)26-22-9-3-2-8-21(22)24(27)28/h2-4,6-13,16H,5,14-15H2,1H3. The molecular weight excluding hydrogens is 400 g/mol. The molecule has 5 nitrogen and oxygen atoms in total. The van der Waals surface area contributed by atoms with E-state index in [1.54, 1.807) is 29.9 Å². The van der Waals surface area contributed by atoms with Crippen molar-refractivity contribution in [3.63, 3.8) is 0 Å². The van der Waals surface area contributed by atoms with Gasteiger partial charge in [-0.15, -0.1) is 0 Å². The van der Waals surface area contributed by atoms with Gasteiger partial charge in [0.2, 0.25) is 0 Å². The van der Waals surface area contributed by atoms with Crippen molar-refractivity contribution < 1.29 is 9.47 Å². The van der Waals surface area contributed by atoms with Crippen molar-refractivity contribution in [2.75, 3.05) is 13.7 Å². The van der Waals surface area contributed by atoms with Crippen LogP contribution in [0.1, 0.15) is 6.42 Å². The molecule has 1 aromatic heterocycles. The Hall–Kier alpha value is -3.31. The molecule has 0 unspecified atom stereocenters. The van der Waals surface area contributed by atoms with Gasteiger partial charge in [-0.25, -0.2) is 4.98 Å². The Kier molecular flexibility index (Phi) is 6.00. The van der Waals surface area contributed by atoms with Crippen LogP contribution in [-0.4, -0.2) is 23.3 Å². The molecular formula is C24H21ClN2O3. The Morgan fingerprint density at radius 1 is 0.967 bits per heavy atom. The molecule has 4 aromatic rings. The molecule has 152 valence electrons. The summed E-state index contributed by atoms with van der Waals surface area (Å²) in [6, 6.07) is 22.2. The maximum atomic E-state index is 13.2. The first-order valence-electron chi connectivity index (χ1n) is 9.68. The van der Waals surface area contributed by atoms with E-state index in [-0.39, 0.29) is 5.56 Å². The van der Waals surface area contributed by atoms with Gasteiger partial charge in [-0.05, 0) is 55.0 Å². The minimum absolute atomic E-state index is 0.0630. The molecule has 0 spiro atoms. The highest BCUT2D eigenvalue weighted by molar-refractivity contribution is 6.30. The van der Waals surface area contributed by atoms with Crippen LogP contribution in [0, 0.1) is 0 Å². The van der Waals surface area contributed by atoms with E-state index in [0.29, 0.717) is 41.3 Å². The van der Waals surface area contributed by atoms with Crippen LogP contribution in [0.15, 0.2) is 77.6 Å². The van der Waals surface area contributed by atoms with Crippen molar-refractivity contribution in [1.29, 1.82) is 0 Å². The number of hydrogen-bond acceptors (Lipinski definition) is 4. The Balaban J connectivity index is 1.60. The largest absolute Gasteiger partial charge is 0.497 e. The van der Waals surface area contributed by atoms with E-state index in [4.69, 9.17) is 26.1 Å². The van der Waals surface area contributed by atoms with Crippen LogP contribution in [0.25, 0.3) is 22.3 Å². The Labute approximate surface area is 179 Å². The number of methoxy groups -OCH3 is 1. The van der Waals surface area contributed by atoms with Gasteiger partial charge in [0.25, 0.3) is 5.56 Å². The predicted molar refractivity (Wildman–Crippen MR) is 120 cm³/mol. The normalized spacial score (nSPS) is 10.9. The number of nitrogens with zero attached hydrogens (tertiary/aromatic N) is 2. The zero-order chi connectivity index (χ0) is 20.9. The van der Waals surface area contributed by atoms with Gasteiger partial charge in [-0.2, -0.15) is 0 Å². The van der Waals surface area contributed by atoms with E-state index in [1.165, 1.54) is 0 Å². The Morgan fingerprint density at radius 3 is 2.53 bits per heavy atom. The molecule has 0 N–H and O–H groups in total. The summed E-state index contributed by atoms with van der Waals surface area (Å²) < 4.78 is 12.8. The van der Waals surface area contributed by atoms with Crippen molar-refractivity contribution in [2.24, 2.45) is 0 Å². The van der Waals surface area contributed by atoms with Gasteiger partial charge in [0.1, 0.15) is 17.3 Å². The number of halogens is 1. The third-order valence-corrected chi connectivity index (χ3v) is 5.05. The zero-order valence-electron chi connectivity index (χ0n) is 16.5. The molecule has 0 saturated heterocycles. The molecule has 0 aliphatic rings. The molecule has 1 heterocycles. The number of rotatable bonds is 7. The van der Waals surface area contributed by atoms with Gasteiger partial charge in [-0.3, -0.25) is 9.36 Å². The summed E-state index contributed by atoms with van der Waals surface area (Å²) in [6.45, 7) is 0.949. The molecule has 0 aliphatic carbocycles. The fourth-order valence-electron chi connectivity index (χ4n) is 3.30. The number of aromatic nitrogens is 2. The van der Waals surface area contributed by atoms with Gasteiger partial charge < -0.3 is 9.47 Å². The summed E-state index contributed by atoms with van der Waals surface area (Å²) in [4.78, 5) is 17.9. The minimum atomic E-state index is -0.0630. The summed E-state index contributed by atoms with van der Waals surface area (Å²) >= 11 is 6.03. The third kappa shape index (κ3) is 4.31. The molecule has 0 bridgehead atoms. The van der Waals surface area contributed by atoms with Crippen molar-refractivity contribution in [2.45, 2.75) is 13.0 Å². The summed E-state index contributed by atoms with van der Waals surface area (Å²) in [5.41, 5.74) is 1.46. The van der Waals surface area contributed by atoms with E-state index in [0.717, 1.165) is 17.1 Å². The molecule has 4 rings (SSSR count). The quantitative estimate of drug-likeness (QED) is 0.386. The molecule has 0 radical (unpaired) electrons. The first-order chi connectivity index (χ1) is 14.7. The SMILES string of the molecule is COc1cccc(OCCCn2c(-c3ccc(Cl)cc3)nc3ccccc3c2=O)c1. The molecule has 0 amide bonds. The van der Waals surface area contributed by atoms with Gasteiger partial charge in [-0.1, -0.05) is 29.8 Å². The second-order valence-corrected chi connectivity index (χ2v) is 7.23. The molecule has 0 saturated carbocycles. The van der Waals surface area contributed by atoms with E-state index in [9.17, 15) is 4.79 Å². The Bertz CT molecular complexity index is 1220. The van der Waals surface area contributed by atoms with Crippen molar-refractivity contribution >= 4 is 22.5 Å². The second kappa shape index (κ2) is 9.01. The smallest absolute Gasteiger partial charge is 0.261 e. The lowest BCUT2D eigenvalue weighted by atomic mass is 10.1. The molecule has 0 fully saturated rings. The van der Waals surface area contributed by atoms with Crippen LogP contribution in [0.2, 0.25) is 5.02 Å². The lowest BCUT2D eigenvalue weighted by molar-refractivity contribution is 0.299. The van der Waals surface area contributed by atoms with Gasteiger partial charge >= 0.3 is 0 Å². The summed E-state index contributed by atoms with van der Waals surface area (Å²) in [7, 11) is 1.62. The van der Waals surface area contributed by atoms with Crippen LogP contribution >= 0.6 is 11.6 Å². The monoisotopic (exact) mass is 420 g/mol. The fraction of sp³-hybridized carbons (Fsp3) is 0.167. The highest BCUT2D eigenvalue weighted by Gasteiger charge is 2.12. The minimum Gasteiger partial charge on any atom is -0.497 e. The summed E-state index contributed by atoms with van der Waals surface area (Å²) in [6.07, 6.45) is 0.651. The molecule has 30 heavy (non-hydrogen) atoms. The molecule has 3 aromatic carbocycles. The lowest BCUT2D eigenvalue weighted by Crippen LogP contribution is -2.24. The second-order valence-electron chi connectivity index (χ2n) is 6.80. The summed E-state index contributed by atoms with van der Waals surface area (Å²) in [5.74, 6) is 2.10. The average molecular weight is 421 g/mol. The fourth-order valence-corrected chi connectivity index (χ4v) is 3.42. The van der Waals surface area contributed by atoms with E-state index < -0.39 is 0 Å². The highest BCUT2D eigenvalue weighted by Crippen LogP contribution is 2.22. The first kappa shape index (κ1) is 20.0. The predicted octanol–water partition coefficient (Wildman–Crippen LogP) is 5.19. The number of fused-ring (bicyclic) bond motifs is 1. The van der Waals surface area contributed by atoms with Crippen LogP contribution in [0.3, 0.4) is 0 Å². The summed E-state index contributed by atoms with van der Waals surface area (Å²) in [5, 5.41) is 1.24. The van der Waals surface area contributed by atoms with Crippen molar-refractivity contribution in [1.82, 2.24) is 9.55 Å². The van der Waals surface area contributed by atoms with Crippen LogP contribution in [0.5, 0.6) is 11.5 Å². The molecule has 0 aliphatic heterocycles. The first-order valence-corrected chi connectivity index (χ1v) is 10.1. The van der Waals surface area contributed by atoms with Gasteiger partial charge in [0.15, 0.2) is 0 Å². The Morgan fingerprint density at radius 2 is 1.73 bits per heavy atom. The molecule has 6 heteroatoms. The number of benzene rings is 3. The topological polar surface area (TPSA) is 53.4 Å². The van der Waals surface area contributed by atoms with E-state index in [1.807, 2.05) is 54.6 Å². The number of para-hydroxylation sites is 1. The lowest BCUT2D eigenvalue weighted by Gasteiger charge is -2.14. The van der Waals surface area contributed by atoms with Crippen molar-refractivity contribution in [3.05, 3.63) is 88.2 Å². The molecule has 0 atom stereocenters. The van der Waals surface area contributed by atoms with E-state index in [2.05, 4.69) is 0 Å². The van der Waals surface area contributed by atoms with Crippen LogP contribution in [-0.2, 0) is 6.54 Å². The third-order valence-electron chi connectivity index (χ3n) is 4.80. The van der Waals surface area contributed by atoms with Gasteiger partial charge in [0.05, 0.1) is 24.6 Å². The van der Waals surface area contributed by atoms with Gasteiger partial charge in [0, 0.05) is 23.2 Å². The maximum absolute atomic E-state index is 13.2. The van der Waals surface area contributed by atoms with Crippen LogP contribution < -0.4 is 15.0 Å². The number of hydrogen-bond donors (Lipinski definition) is 0. The number of ether oxygens (including phenoxy) is 2. The van der Waals surface area contributed by atoms with Crippen molar-refractivity contribution in [3.8, 4) is 22.9 Å². The highest BCUT2D eigenvalue weighted by atomic mass is 35.5. The van der Waals surface area contributed by atoms with E-state index >= 15 is 0 Å². The average Bonchev–Trinajstić information content (AvgIpc) is 2.78. The maximum Gasteiger partial charge on any atom is 0.261 e. The zero-order valence-corrected chi connectivity index (χ0v) is 17.3. The van der Waals surface area contributed by atoms with Crippen LogP contribution in [0.4, 0.5) is 0 Å².